The molecule has 0 aliphatic rings. The molecule has 0 fully saturated rings. The van der Waals surface area contributed by atoms with Gasteiger partial charge < -0.3 is 5.11 Å². The molecule has 2 rings (SSSR count). The smallest absolute Gasteiger partial charge is 0.335 e. The predicted molar refractivity (Wildman–Crippen MR) is 61.0 cm³/mol. The summed E-state index contributed by atoms with van der Waals surface area (Å²) in [6, 6.07) is 8.10. The fraction of sp³-hybridized carbons (Fsp3) is 0. The van der Waals surface area contributed by atoms with Gasteiger partial charge in [0.1, 0.15) is 5.15 Å². The number of hydrogen-bond acceptors (Lipinski definition) is 2. The van der Waals surface area contributed by atoms with Gasteiger partial charge in [0.15, 0.2) is 0 Å². The number of aromatic nitrogens is 1. The minimum absolute atomic E-state index is 0. The molecule has 0 aliphatic carbocycles. The monoisotopic (exact) mass is 243 g/mol. The van der Waals surface area contributed by atoms with Gasteiger partial charge in [0, 0.05) is 5.39 Å². The van der Waals surface area contributed by atoms with Crippen LogP contribution in [-0.2, 0) is 0 Å². The highest BCUT2D eigenvalue weighted by molar-refractivity contribution is 6.29. The van der Waals surface area contributed by atoms with E-state index in [0.717, 1.165) is 5.39 Å². The van der Waals surface area contributed by atoms with E-state index in [1.54, 1.807) is 24.3 Å². The van der Waals surface area contributed by atoms with Crippen LogP contribution in [0.2, 0.25) is 5.15 Å². The first-order valence-corrected chi connectivity index (χ1v) is 4.34. The van der Waals surface area contributed by atoms with Crippen molar-refractivity contribution in [2.45, 2.75) is 0 Å². The number of rotatable bonds is 1. The molecule has 0 aliphatic heterocycles. The highest BCUT2D eigenvalue weighted by atomic mass is 35.5. The number of fused-ring (bicyclic) bond motifs is 1. The van der Waals surface area contributed by atoms with Gasteiger partial charge in [-0.25, -0.2) is 9.78 Å². The van der Waals surface area contributed by atoms with E-state index < -0.39 is 5.97 Å². The van der Waals surface area contributed by atoms with E-state index in [4.69, 9.17) is 16.7 Å². The van der Waals surface area contributed by atoms with Crippen LogP contribution in [0.5, 0.6) is 0 Å². The number of pyridine rings is 1. The summed E-state index contributed by atoms with van der Waals surface area (Å²) in [6.45, 7) is 0. The summed E-state index contributed by atoms with van der Waals surface area (Å²) in [5.74, 6) is -0.943. The average molecular weight is 244 g/mol. The third kappa shape index (κ3) is 2.37. The van der Waals surface area contributed by atoms with Crippen LogP contribution < -0.4 is 0 Å². The Kier molecular flexibility index (Phi) is 3.50. The van der Waals surface area contributed by atoms with E-state index in [1.165, 1.54) is 6.07 Å². The van der Waals surface area contributed by atoms with Gasteiger partial charge in [-0.05, 0) is 30.3 Å². The zero-order valence-corrected chi connectivity index (χ0v) is 9.05. The Balaban J connectivity index is 0.00000112. The van der Waals surface area contributed by atoms with Crippen molar-refractivity contribution in [3.63, 3.8) is 0 Å². The lowest BCUT2D eigenvalue weighted by atomic mass is 10.1. The molecule has 1 N–H and O–H groups in total. The topological polar surface area (TPSA) is 50.2 Å². The fourth-order valence-corrected chi connectivity index (χ4v) is 1.39. The minimum atomic E-state index is -0.943. The zero-order chi connectivity index (χ0) is 10.1. The van der Waals surface area contributed by atoms with Crippen molar-refractivity contribution in [3.8, 4) is 0 Å². The van der Waals surface area contributed by atoms with Crippen LogP contribution in [0.15, 0.2) is 30.3 Å². The molecule has 5 heteroatoms. The summed E-state index contributed by atoms with van der Waals surface area (Å²) in [4.78, 5) is 14.7. The van der Waals surface area contributed by atoms with E-state index in [0.29, 0.717) is 10.7 Å². The lowest BCUT2D eigenvalue weighted by Gasteiger charge is -1.99. The highest BCUT2D eigenvalue weighted by Crippen LogP contribution is 2.16. The summed E-state index contributed by atoms with van der Waals surface area (Å²) in [7, 11) is 0. The second-order valence-corrected chi connectivity index (χ2v) is 3.23. The average Bonchev–Trinajstić information content (AvgIpc) is 2.16. The van der Waals surface area contributed by atoms with E-state index in [1.807, 2.05) is 0 Å². The first-order chi connectivity index (χ1) is 6.66. The summed E-state index contributed by atoms with van der Waals surface area (Å²) in [6.07, 6.45) is 0. The molecule has 0 saturated carbocycles. The van der Waals surface area contributed by atoms with Gasteiger partial charge in [-0.1, -0.05) is 11.6 Å². The van der Waals surface area contributed by atoms with Gasteiger partial charge in [0.25, 0.3) is 0 Å². The van der Waals surface area contributed by atoms with Crippen LogP contribution in [0.1, 0.15) is 10.4 Å². The number of nitrogens with zero attached hydrogens (tertiary/aromatic N) is 1. The summed E-state index contributed by atoms with van der Waals surface area (Å²) in [5, 5.41) is 9.93. The zero-order valence-electron chi connectivity index (χ0n) is 7.48. The standard InChI is InChI=1S/C10H6ClNO2.ClH/c11-9-4-2-6-5-7(10(13)14)1-3-8(6)12-9;/h1-5H,(H,13,14);1H. The van der Waals surface area contributed by atoms with Gasteiger partial charge in [0.2, 0.25) is 0 Å². The van der Waals surface area contributed by atoms with Crippen molar-refractivity contribution >= 4 is 40.9 Å². The van der Waals surface area contributed by atoms with Crippen molar-refractivity contribution in [1.82, 2.24) is 4.98 Å². The summed E-state index contributed by atoms with van der Waals surface area (Å²) in [5.41, 5.74) is 0.948. The van der Waals surface area contributed by atoms with Crippen molar-refractivity contribution in [2.24, 2.45) is 0 Å². The van der Waals surface area contributed by atoms with Gasteiger partial charge >= 0.3 is 5.97 Å². The van der Waals surface area contributed by atoms with Gasteiger partial charge in [-0.3, -0.25) is 0 Å². The van der Waals surface area contributed by atoms with Crippen molar-refractivity contribution in [1.29, 1.82) is 0 Å². The molecule has 0 radical (unpaired) electrons. The molecule has 0 saturated heterocycles. The van der Waals surface area contributed by atoms with Crippen LogP contribution in [0.25, 0.3) is 10.9 Å². The lowest BCUT2D eigenvalue weighted by molar-refractivity contribution is 0.0697. The van der Waals surface area contributed by atoms with Gasteiger partial charge in [0.05, 0.1) is 11.1 Å². The maximum atomic E-state index is 10.7. The lowest BCUT2D eigenvalue weighted by Crippen LogP contribution is -1.95. The van der Waals surface area contributed by atoms with Crippen LogP contribution in [-0.4, -0.2) is 16.1 Å². The number of benzene rings is 1. The fourth-order valence-electron chi connectivity index (χ4n) is 1.23. The molecule has 15 heavy (non-hydrogen) atoms. The van der Waals surface area contributed by atoms with Gasteiger partial charge in [-0.15, -0.1) is 12.4 Å². The number of hydrogen-bond donors (Lipinski definition) is 1. The molecule has 1 aromatic carbocycles. The summed E-state index contributed by atoms with van der Waals surface area (Å²) >= 11 is 5.69. The molecule has 1 aromatic heterocycles. The molecule has 3 nitrogen and oxygen atoms in total. The highest BCUT2D eigenvalue weighted by Gasteiger charge is 2.03. The molecule has 0 amide bonds. The molecule has 0 spiro atoms. The van der Waals surface area contributed by atoms with E-state index in [2.05, 4.69) is 4.98 Å². The SMILES string of the molecule is Cl.O=C(O)c1ccc2nc(Cl)ccc2c1. The second-order valence-electron chi connectivity index (χ2n) is 2.85. The van der Waals surface area contributed by atoms with Crippen molar-refractivity contribution in [2.75, 3.05) is 0 Å². The first kappa shape index (κ1) is 11.8. The van der Waals surface area contributed by atoms with Gasteiger partial charge in [-0.2, -0.15) is 0 Å². The van der Waals surface area contributed by atoms with Crippen molar-refractivity contribution in [3.05, 3.63) is 41.0 Å². The molecular weight excluding hydrogens is 237 g/mol. The number of carbonyl (C=O) groups is 1. The summed E-state index contributed by atoms with van der Waals surface area (Å²) < 4.78 is 0. The van der Waals surface area contributed by atoms with Crippen LogP contribution in [0.3, 0.4) is 0 Å². The normalized spacial score (nSPS) is 9.67. The third-order valence-electron chi connectivity index (χ3n) is 1.90. The maximum Gasteiger partial charge on any atom is 0.335 e. The molecule has 0 atom stereocenters. The van der Waals surface area contributed by atoms with Crippen LogP contribution in [0, 0.1) is 0 Å². The Morgan fingerprint density at radius 3 is 2.67 bits per heavy atom. The van der Waals surface area contributed by atoms with Crippen molar-refractivity contribution < 1.29 is 9.90 Å². The molecule has 1 heterocycles. The third-order valence-corrected chi connectivity index (χ3v) is 2.11. The Labute approximate surface area is 97.1 Å². The Hall–Kier alpha value is -1.32. The molecular formula is C10H7Cl2NO2. The number of halogens is 2. The maximum absolute atomic E-state index is 10.7. The quantitative estimate of drug-likeness (QED) is 0.784. The van der Waals surface area contributed by atoms with E-state index >= 15 is 0 Å². The molecule has 78 valence electrons. The predicted octanol–water partition coefficient (Wildman–Crippen LogP) is 3.01. The number of carboxylic acid groups (broad SMARTS) is 1. The second kappa shape index (κ2) is 4.47. The van der Waals surface area contributed by atoms with Crippen LogP contribution >= 0.6 is 24.0 Å². The Morgan fingerprint density at radius 1 is 1.27 bits per heavy atom. The number of carboxylic acids is 1. The van der Waals surface area contributed by atoms with E-state index in [-0.39, 0.29) is 18.0 Å². The van der Waals surface area contributed by atoms with E-state index in [9.17, 15) is 4.79 Å². The largest absolute Gasteiger partial charge is 0.478 e. The minimum Gasteiger partial charge on any atom is -0.478 e. The Bertz CT molecular complexity index is 514. The Morgan fingerprint density at radius 2 is 2.00 bits per heavy atom. The first-order valence-electron chi connectivity index (χ1n) is 3.96. The molecule has 0 unspecified atom stereocenters. The molecule has 0 bridgehead atoms. The number of aromatic carboxylic acids is 1. The molecule has 2 aromatic rings. The van der Waals surface area contributed by atoms with Crippen LogP contribution in [0.4, 0.5) is 0 Å².